The van der Waals surface area contributed by atoms with Crippen LogP contribution >= 0.6 is 0 Å². The molecule has 120 valence electrons. The van der Waals surface area contributed by atoms with Crippen molar-refractivity contribution >= 4 is 16.2 Å². The van der Waals surface area contributed by atoms with Gasteiger partial charge in [-0.05, 0) is 0 Å². The summed E-state index contributed by atoms with van der Waals surface area (Å²) < 4.78 is 0. The molecule has 0 amide bonds. The van der Waals surface area contributed by atoms with Crippen LogP contribution in [0.25, 0.3) is 10.8 Å². The van der Waals surface area contributed by atoms with Gasteiger partial charge in [0.15, 0.2) is 0 Å². The molecule has 0 bridgehead atoms. The zero-order valence-electron chi connectivity index (χ0n) is 15.3. The Balaban J connectivity index is 0.000000189. The molecule has 0 atom stereocenters. The van der Waals surface area contributed by atoms with Crippen molar-refractivity contribution < 1.29 is 23.3 Å². The van der Waals surface area contributed by atoms with Crippen molar-refractivity contribution in [2.75, 3.05) is 0 Å². The Labute approximate surface area is 157 Å². The van der Waals surface area contributed by atoms with Gasteiger partial charge < -0.3 is 0 Å². The van der Waals surface area contributed by atoms with E-state index in [1.807, 2.05) is 0 Å². The number of fused-ring (bicyclic) bond motifs is 1. The van der Waals surface area contributed by atoms with Crippen LogP contribution < -0.4 is 0 Å². The van der Waals surface area contributed by atoms with E-state index in [0.29, 0.717) is 5.41 Å². The van der Waals surface area contributed by atoms with E-state index in [4.69, 9.17) is 0 Å². The van der Waals surface area contributed by atoms with Crippen molar-refractivity contribution in [3.05, 3.63) is 71.8 Å². The molecule has 0 aliphatic heterocycles. The second-order valence-corrected chi connectivity index (χ2v) is 16.4. The summed E-state index contributed by atoms with van der Waals surface area (Å²) in [5, 5.41) is 2.72. The van der Waals surface area contributed by atoms with Crippen LogP contribution in [0.1, 0.15) is 31.9 Å². The van der Waals surface area contributed by atoms with Crippen LogP contribution in [0.4, 0.5) is 0 Å². The molecule has 3 rings (SSSR count). The van der Waals surface area contributed by atoms with Crippen LogP contribution in [0.2, 0.25) is 13.1 Å². The quantitative estimate of drug-likeness (QED) is 0.305. The molecule has 23 heavy (non-hydrogen) atoms. The molecular formula is C21H28SiZr. The molecule has 3 aromatic carbocycles. The summed E-state index contributed by atoms with van der Waals surface area (Å²) in [7, 11) is 0. The summed E-state index contributed by atoms with van der Waals surface area (Å²) >= 11 is 1.74. The van der Waals surface area contributed by atoms with Crippen molar-refractivity contribution in [1.29, 1.82) is 0 Å². The Morgan fingerprint density at radius 2 is 1.61 bits per heavy atom. The van der Waals surface area contributed by atoms with Gasteiger partial charge in [-0.3, -0.25) is 0 Å². The van der Waals surface area contributed by atoms with E-state index in [2.05, 4.69) is 101 Å². The van der Waals surface area contributed by atoms with Gasteiger partial charge in [-0.15, -0.1) is 35.0 Å². The van der Waals surface area contributed by atoms with Gasteiger partial charge in [0.2, 0.25) is 0 Å². The Morgan fingerprint density at radius 1 is 1.00 bits per heavy atom. The second kappa shape index (κ2) is 9.55. The fourth-order valence-electron chi connectivity index (χ4n) is 2.18. The molecule has 3 aromatic rings. The molecule has 0 aromatic heterocycles. The standard InChI is InChI=1S/C10H9.C9H13.C2H6Si.Zr/c1-8-6-7-9-4-2-3-5-10(8)9;1-9(2,3)8-6-4-5-7-8;1-3-2;/h2-7H,1H3;4-7H,1-3H3;1-2H3;/q2*-1;;+2. The fraction of sp³-hybridized carbons (Fsp3) is 0.333. The maximum absolute atomic E-state index is 2.31. The third kappa shape index (κ3) is 7.59. The Kier molecular flexibility index (Phi) is 8.44. The summed E-state index contributed by atoms with van der Waals surface area (Å²) in [4.78, 5) is 0. The van der Waals surface area contributed by atoms with Crippen LogP contribution in [0.3, 0.4) is 0 Å². The zero-order valence-corrected chi connectivity index (χ0v) is 18.7. The third-order valence-corrected chi connectivity index (χ3v) is 3.43. The Bertz CT molecular complexity index is 708. The maximum atomic E-state index is 2.31. The smallest absolute Gasteiger partial charge is 0.0809 e. The largest absolute Gasteiger partial charge is 0.156 e. The number of hydrogen-bond acceptors (Lipinski definition) is 0. The number of benzene rings is 1. The monoisotopic (exact) mass is 398 g/mol. The first kappa shape index (κ1) is 20.3. The van der Waals surface area contributed by atoms with Crippen molar-refractivity contribution in [1.82, 2.24) is 0 Å². The summed E-state index contributed by atoms with van der Waals surface area (Å²) in [6.45, 7) is 13.4. The van der Waals surface area contributed by atoms with E-state index < -0.39 is 0 Å². The van der Waals surface area contributed by atoms with Crippen LogP contribution in [0.15, 0.2) is 60.7 Å². The maximum Gasteiger partial charge on any atom is -0.0809 e. The zero-order chi connectivity index (χ0) is 17.5. The van der Waals surface area contributed by atoms with Gasteiger partial charge in [-0.25, -0.2) is 6.07 Å². The minimum absolute atomic E-state index is 0.210. The van der Waals surface area contributed by atoms with E-state index in [0.717, 1.165) is 0 Å². The molecule has 0 saturated carbocycles. The van der Waals surface area contributed by atoms with E-state index in [-0.39, 0.29) is 5.43 Å². The first-order valence-electron chi connectivity index (χ1n) is 8.07. The van der Waals surface area contributed by atoms with E-state index in [1.54, 1.807) is 23.3 Å². The molecule has 0 N–H and O–H groups in total. The van der Waals surface area contributed by atoms with Crippen LogP contribution in [-0.4, -0.2) is 5.43 Å². The molecule has 0 radical (unpaired) electrons. The fourth-order valence-corrected chi connectivity index (χ4v) is 2.18. The number of hydrogen-bond donors (Lipinski definition) is 0. The van der Waals surface area contributed by atoms with Crippen molar-refractivity contribution in [2.24, 2.45) is 0 Å². The van der Waals surface area contributed by atoms with Gasteiger partial charge in [-0.2, -0.15) is 35.4 Å². The first-order chi connectivity index (χ1) is 10.7. The molecular weight excluding hydrogens is 372 g/mol. The molecule has 2 heteroatoms. The van der Waals surface area contributed by atoms with Crippen molar-refractivity contribution in [3.63, 3.8) is 0 Å². The normalized spacial score (nSPS) is 10.4. The molecule has 0 aliphatic rings. The number of aryl methyl sites for hydroxylation is 1. The topological polar surface area (TPSA) is 0 Å². The molecule has 0 unspecified atom stereocenters. The molecule has 0 fully saturated rings. The average Bonchev–Trinajstić information content (AvgIpc) is 3.09. The van der Waals surface area contributed by atoms with Crippen molar-refractivity contribution in [3.8, 4) is 0 Å². The van der Waals surface area contributed by atoms with Crippen molar-refractivity contribution in [2.45, 2.75) is 46.2 Å². The summed E-state index contributed by atoms with van der Waals surface area (Å²) in [5.74, 6) is 0. The van der Waals surface area contributed by atoms with Gasteiger partial charge >= 0.3 is 41.9 Å². The minimum atomic E-state index is 0.210. The molecule has 0 spiro atoms. The Hall–Kier alpha value is -0.720. The van der Waals surface area contributed by atoms with Crippen LogP contribution in [0.5, 0.6) is 0 Å². The van der Waals surface area contributed by atoms with Crippen LogP contribution in [0, 0.1) is 6.92 Å². The molecule has 0 saturated heterocycles. The Morgan fingerprint density at radius 3 is 2.04 bits per heavy atom. The number of rotatable bonds is 0. The molecule has 0 aliphatic carbocycles. The molecule has 0 nitrogen and oxygen atoms in total. The molecule has 0 heterocycles. The van der Waals surface area contributed by atoms with Gasteiger partial charge in [0.25, 0.3) is 0 Å². The summed E-state index contributed by atoms with van der Waals surface area (Å²) in [5.41, 5.74) is 3.32. The second-order valence-electron chi connectivity index (χ2n) is 7.03. The minimum Gasteiger partial charge on any atom is -0.156 e. The summed E-state index contributed by atoms with van der Waals surface area (Å²) in [6.07, 6.45) is 0. The van der Waals surface area contributed by atoms with E-state index >= 15 is 0 Å². The van der Waals surface area contributed by atoms with Crippen LogP contribution in [-0.2, 0) is 28.8 Å². The van der Waals surface area contributed by atoms with Gasteiger partial charge in [0, 0.05) is 0 Å². The van der Waals surface area contributed by atoms with E-state index in [1.165, 1.54) is 21.9 Å². The van der Waals surface area contributed by atoms with E-state index in [9.17, 15) is 0 Å². The average molecular weight is 400 g/mol. The first-order valence-corrected chi connectivity index (χ1v) is 14.3. The SMILES string of the molecule is CC(C)(C)c1cc[cH-]c1.C[Si](C)=[Zr+2].Cc1c[cH-]c2ccccc12. The van der Waals surface area contributed by atoms with Gasteiger partial charge in [0.05, 0.1) is 0 Å². The summed E-state index contributed by atoms with van der Waals surface area (Å²) in [6, 6.07) is 21.3. The third-order valence-electron chi connectivity index (χ3n) is 3.43. The predicted molar refractivity (Wildman–Crippen MR) is 102 cm³/mol. The van der Waals surface area contributed by atoms with Gasteiger partial charge in [-0.1, -0.05) is 39.2 Å². The van der Waals surface area contributed by atoms with Gasteiger partial charge in [0.1, 0.15) is 0 Å². The predicted octanol–water partition coefficient (Wildman–Crippen LogP) is 6.35.